The molecular weight excluding hydrogens is 190 g/mol. The smallest absolute Gasteiger partial charge is 0.191 e. The van der Waals surface area contributed by atoms with E-state index in [1.165, 1.54) is 0 Å². The van der Waals surface area contributed by atoms with E-state index < -0.39 is 0 Å². The minimum atomic E-state index is 0.312. The van der Waals surface area contributed by atoms with Crippen LogP contribution >= 0.6 is 0 Å². The molecule has 88 valence electrons. The van der Waals surface area contributed by atoms with E-state index in [4.69, 9.17) is 10.5 Å². The van der Waals surface area contributed by atoms with E-state index in [1.807, 2.05) is 0 Å². The fraction of sp³-hybridized carbons (Fsp3) is 0.909. The molecular formula is C11H23N3O. The van der Waals surface area contributed by atoms with Crippen molar-refractivity contribution in [2.75, 3.05) is 26.7 Å². The van der Waals surface area contributed by atoms with Crippen molar-refractivity contribution in [1.29, 1.82) is 0 Å². The quantitative estimate of drug-likeness (QED) is 0.563. The molecule has 1 rings (SSSR count). The number of piperidine rings is 1. The second-order valence-electron chi connectivity index (χ2n) is 4.54. The summed E-state index contributed by atoms with van der Waals surface area (Å²) in [6, 6.07) is 0. The lowest BCUT2D eigenvalue weighted by molar-refractivity contribution is 0.0532. The lowest BCUT2D eigenvalue weighted by atomic mass is 10.1. The van der Waals surface area contributed by atoms with Crippen LogP contribution < -0.4 is 5.73 Å². The maximum Gasteiger partial charge on any atom is 0.191 e. The molecule has 0 aromatic heterocycles. The summed E-state index contributed by atoms with van der Waals surface area (Å²) in [5.74, 6) is 1.23. The highest BCUT2D eigenvalue weighted by Gasteiger charge is 2.20. The third kappa shape index (κ3) is 4.08. The molecule has 1 saturated heterocycles. The Morgan fingerprint density at radius 1 is 1.60 bits per heavy atom. The van der Waals surface area contributed by atoms with Gasteiger partial charge in [-0.2, -0.15) is 0 Å². The van der Waals surface area contributed by atoms with Gasteiger partial charge in [0.15, 0.2) is 5.96 Å². The Kier molecular flexibility index (Phi) is 4.88. The highest BCUT2D eigenvalue weighted by atomic mass is 16.5. The third-order valence-corrected chi connectivity index (χ3v) is 2.65. The fourth-order valence-electron chi connectivity index (χ4n) is 1.71. The van der Waals surface area contributed by atoms with E-state index in [0.29, 0.717) is 18.0 Å². The largest absolute Gasteiger partial charge is 0.380 e. The van der Waals surface area contributed by atoms with Gasteiger partial charge in [0.2, 0.25) is 0 Å². The zero-order chi connectivity index (χ0) is 11.3. The van der Waals surface area contributed by atoms with E-state index in [2.05, 4.69) is 23.7 Å². The van der Waals surface area contributed by atoms with Crippen molar-refractivity contribution < 1.29 is 4.74 Å². The first-order valence-electron chi connectivity index (χ1n) is 5.71. The zero-order valence-corrected chi connectivity index (χ0v) is 10.1. The number of likely N-dealkylation sites (tertiary alicyclic amines) is 1. The molecule has 0 aromatic carbocycles. The summed E-state index contributed by atoms with van der Waals surface area (Å²) in [6.07, 6.45) is 2.58. The topological polar surface area (TPSA) is 50.9 Å². The molecule has 0 saturated carbocycles. The number of hydrogen-bond donors (Lipinski definition) is 1. The Labute approximate surface area is 92.5 Å². The summed E-state index contributed by atoms with van der Waals surface area (Å²) in [5, 5.41) is 0. The third-order valence-electron chi connectivity index (χ3n) is 2.65. The molecule has 0 radical (unpaired) electrons. The van der Waals surface area contributed by atoms with Crippen LogP contribution in [-0.4, -0.2) is 43.7 Å². The molecule has 1 aliphatic heterocycles. The summed E-state index contributed by atoms with van der Waals surface area (Å²) in [6.45, 7) is 6.98. The van der Waals surface area contributed by atoms with Gasteiger partial charge in [-0.25, -0.2) is 0 Å². The number of aliphatic imine (C=N–C) groups is 1. The highest BCUT2D eigenvalue weighted by molar-refractivity contribution is 5.78. The van der Waals surface area contributed by atoms with Gasteiger partial charge in [0.25, 0.3) is 0 Å². The van der Waals surface area contributed by atoms with Gasteiger partial charge in [-0.15, -0.1) is 0 Å². The number of methoxy groups -OCH3 is 1. The summed E-state index contributed by atoms with van der Waals surface area (Å²) in [7, 11) is 1.76. The van der Waals surface area contributed by atoms with Crippen molar-refractivity contribution in [2.45, 2.75) is 32.8 Å². The second kappa shape index (κ2) is 5.95. The van der Waals surface area contributed by atoms with Gasteiger partial charge in [-0.05, 0) is 18.8 Å². The Bertz CT molecular complexity index is 216. The van der Waals surface area contributed by atoms with Gasteiger partial charge in [0, 0.05) is 26.7 Å². The van der Waals surface area contributed by atoms with Gasteiger partial charge < -0.3 is 15.4 Å². The Morgan fingerprint density at radius 3 is 2.93 bits per heavy atom. The van der Waals surface area contributed by atoms with Crippen LogP contribution in [0.1, 0.15) is 26.7 Å². The molecule has 2 N–H and O–H groups in total. The Morgan fingerprint density at radius 2 is 2.33 bits per heavy atom. The lowest BCUT2D eigenvalue weighted by Gasteiger charge is -2.32. The lowest BCUT2D eigenvalue weighted by Crippen LogP contribution is -2.46. The highest BCUT2D eigenvalue weighted by Crippen LogP contribution is 2.12. The van der Waals surface area contributed by atoms with Gasteiger partial charge in [0.1, 0.15) is 0 Å². The standard InChI is InChI=1S/C11H23N3O/c1-9(2)7-13-11(12)14-6-4-5-10(8-14)15-3/h9-10H,4-8H2,1-3H3,(H2,12,13). The van der Waals surface area contributed by atoms with Crippen LogP contribution in [0.5, 0.6) is 0 Å². The molecule has 1 unspecified atom stereocenters. The van der Waals surface area contributed by atoms with Gasteiger partial charge in [-0.3, -0.25) is 4.99 Å². The van der Waals surface area contributed by atoms with Crippen LogP contribution in [0.3, 0.4) is 0 Å². The predicted octanol–water partition coefficient (Wildman–Crippen LogP) is 1.07. The molecule has 0 spiro atoms. The summed E-state index contributed by atoms with van der Waals surface area (Å²) in [4.78, 5) is 6.51. The van der Waals surface area contributed by atoms with E-state index in [0.717, 1.165) is 32.5 Å². The Balaban J connectivity index is 2.44. The Hall–Kier alpha value is -0.770. The molecule has 1 atom stereocenters. The van der Waals surface area contributed by atoms with E-state index >= 15 is 0 Å². The van der Waals surface area contributed by atoms with E-state index in [-0.39, 0.29) is 0 Å². The maximum absolute atomic E-state index is 5.93. The van der Waals surface area contributed by atoms with Gasteiger partial charge in [-0.1, -0.05) is 13.8 Å². The maximum atomic E-state index is 5.93. The van der Waals surface area contributed by atoms with Crippen molar-refractivity contribution in [3.8, 4) is 0 Å². The first-order valence-corrected chi connectivity index (χ1v) is 5.71. The number of guanidine groups is 1. The normalized spacial score (nSPS) is 23.6. The average molecular weight is 213 g/mol. The molecule has 1 aliphatic rings. The van der Waals surface area contributed by atoms with Crippen LogP contribution in [0.2, 0.25) is 0 Å². The molecule has 15 heavy (non-hydrogen) atoms. The molecule has 4 heteroatoms. The number of hydrogen-bond acceptors (Lipinski definition) is 2. The summed E-state index contributed by atoms with van der Waals surface area (Å²) < 4.78 is 5.34. The molecule has 4 nitrogen and oxygen atoms in total. The summed E-state index contributed by atoms with van der Waals surface area (Å²) >= 11 is 0. The zero-order valence-electron chi connectivity index (χ0n) is 10.1. The first kappa shape index (κ1) is 12.3. The number of ether oxygens (including phenoxy) is 1. The van der Waals surface area contributed by atoms with E-state index in [1.54, 1.807) is 7.11 Å². The molecule has 0 bridgehead atoms. The number of nitrogens with two attached hydrogens (primary N) is 1. The van der Waals surface area contributed by atoms with Crippen molar-refractivity contribution in [2.24, 2.45) is 16.6 Å². The predicted molar refractivity (Wildman–Crippen MR) is 62.9 cm³/mol. The van der Waals surface area contributed by atoms with Crippen LogP contribution in [0.25, 0.3) is 0 Å². The molecule has 1 heterocycles. The van der Waals surface area contributed by atoms with Crippen LogP contribution in [-0.2, 0) is 4.74 Å². The number of nitrogens with zero attached hydrogens (tertiary/aromatic N) is 2. The van der Waals surface area contributed by atoms with Crippen molar-refractivity contribution >= 4 is 5.96 Å². The fourth-order valence-corrected chi connectivity index (χ4v) is 1.71. The molecule has 1 fully saturated rings. The minimum Gasteiger partial charge on any atom is -0.380 e. The van der Waals surface area contributed by atoms with Gasteiger partial charge in [0.05, 0.1) is 6.10 Å². The average Bonchev–Trinajstić information content (AvgIpc) is 2.26. The SMILES string of the molecule is COC1CCCN(C(N)=NCC(C)C)C1. The first-order chi connectivity index (χ1) is 7.13. The van der Waals surface area contributed by atoms with E-state index in [9.17, 15) is 0 Å². The van der Waals surface area contributed by atoms with Crippen molar-refractivity contribution in [3.63, 3.8) is 0 Å². The minimum absolute atomic E-state index is 0.312. The molecule has 0 aromatic rings. The molecule has 0 aliphatic carbocycles. The van der Waals surface area contributed by atoms with Crippen LogP contribution in [0.4, 0.5) is 0 Å². The van der Waals surface area contributed by atoms with Crippen molar-refractivity contribution in [1.82, 2.24) is 4.90 Å². The monoisotopic (exact) mass is 213 g/mol. The second-order valence-corrected chi connectivity index (χ2v) is 4.54. The van der Waals surface area contributed by atoms with Crippen LogP contribution in [0.15, 0.2) is 4.99 Å². The van der Waals surface area contributed by atoms with Crippen LogP contribution in [0, 0.1) is 5.92 Å². The van der Waals surface area contributed by atoms with Crippen molar-refractivity contribution in [3.05, 3.63) is 0 Å². The summed E-state index contributed by atoms with van der Waals surface area (Å²) in [5.41, 5.74) is 5.93. The van der Waals surface area contributed by atoms with Gasteiger partial charge >= 0.3 is 0 Å². The molecule has 0 amide bonds. The number of rotatable bonds is 3.